The van der Waals surface area contributed by atoms with Gasteiger partial charge >= 0.3 is 0 Å². The highest BCUT2D eigenvalue weighted by molar-refractivity contribution is 6.31. The van der Waals surface area contributed by atoms with Crippen molar-refractivity contribution >= 4 is 17.4 Å². The zero-order valence-corrected chi connectivity index (χ0v) is 7.66. The molecule has 0 bridgehead atoms. The zero-order chi connectivity index (χ0) is 10.0. The molecule has 0 N–H and O–H groups in total. The van der Waals surface area contributed by atoms with Gasteiger partial charge in [-0.2, -0.15) is 0 Å². The fourth-order valence-electron chi connectivity index (χ4n) is 1.01. The number of hydrogen-bond donors (Lipinski definition) is 0. The van der Waals surface area contributed by atoms with E-state index in [9.17, 15) is 13.6 Å². The number of halogens is 3. The third-order valence-corrected chi connectivity index (χ3v) is 1.93. The maximum atomic E-state index is 12.8. The Balaban J connectivity index is 3.12. The van der Waals surface area contributed by atoms with Crippen molar-refractivity contribution in [1.29, 1.82) is 0 Å². The van der Waals surface area contributed by atoms with E-state index in [1.807, 2.05) is 0 Å². The van der Waals surface area contributed by atoms with Gasteiger partial charge in [0.1, 0.15) is 17.4 Å². The highest BCUT2D eigenvalue weighted by atomic mass is 35.5. The summed E-state index contributed by atoms with van der Waals surface area (Å²) >= 11 is 5.52. The Bertz CT molecular complexity index is 350. The number of benzene rings is 1. The minimum atomic E-state index is -0.835. The summed E-state index contributed by atoms with van der Waals surface area (Å²) in [4.78, 5) is 10.7. The molecule has 1 aromatic rings. The van der Waals surface area contributed by atoms with Gasteiger partial charge in [0.2, 0.25) is 0 Å². The molecule has 0 saturated heterocycles. The van der Waals surface area contributed by atoms with Crippen molar-refractivity contribution in [2.45, 2.75) is 13.3 Å². The molecule has 4 heteroatoms. The maximum Gasteiger partial charge on any atom is 0.144 e. The van der Waals surface area contributed by atoms with E-state index in [1.54, 1.807) is 0 Å². The van der Waals surface area contributed by atoms with Gasteiger partial charge in [-0.05, 0) is 18.6 Å². The van der Waals surface area contributed by atoms with Crippen LogP contribution in [0, 0.1) is 11.6 Å². The summed E-state index contributed by atoms with van der Waals surface area (Å²) in [5.74, 6) is -1.75. The van der Waals surface area contributed by atoms with Crippen LogP contribution in [-0.2, 0) is 11.2 Å². The van der Waals surface area contributed by atoms with Gasteiger partial charge in [-0.1, -0.05) is 11.6 Å². The highest BCUT2D eigenvalue weighted by Crippen LogP contribution is 2.21. The number of ketones is 1. The molecule has 1 aromatic carbocycles. The van der Waals surface area contributed by atoms with Crippen molar-refractivity contribution < 1.29 is 13.6 Å². The largest absolute Gasteiger partial charge is 0.300 e. The summed E-state index contributed by atoms with van der Waals surface area (Å²) in [7, 11) is 0. The lowest BCUT2D eigenvalue weighted by molar-refractivity contribution is -0.116. The Morgan fingerprint density at radius 3 is 2.62 bits per heavy atom. The molecule has 0 amide bonds. The lowest BCUT2D eigenvalue weighted by Gasteiger charge is -2.02. The van der Waals surface area contributed by atoms with E-state index in [1.165, 1.54) is 6.92 Å². The van der Waals surface area contributed by atoms with Gasteiger partial charge in [-0.25, -0.2) is 8.78 Å². The second-order valence-corrected chi connectivity index (χ2v) is 3.12. The Kier molecular flexibility index (Phi) is 2.98. The first kappa shape index (κ1) is 10.1. The molecular weight excluding hydrogens is 198 g/mol. The second-order valence-electron chi connectivity index (χ2n) is 2.74. The summed E-state index contributed by atoms with van der Waals surface area (Å²) in [5.41, 5.74) is 0.187. The molecule has 0 heterocycles. The zero-order valence-electron chi connectivity index (χ0n) is 6.90. The van der Waals surface area contributed by atoms with Crippen LogP contribution in [0.15, 0.2) is 12.1 Å². The Morgan fingerprint density at radius 1 is 1.46 bits per heavy atom. The predicted octanol–water partition coefficient (Wildman–Crippen LogP) is 2.75. The first-order valence-corrected chi connectivity index (χ1v) is 4.01. The predicted molar refractivity (Wildman–Crippen MR) is 45.8 cm³/mol. The van der Waals surface area contributed by atoms with E-state index >= 15 is 0 Å². The van der Waals surface area contributed by atoms with Crippen LogP contribution in [0.4, 0.5) is 8.78 Å². The molecule has 0 aliphatic rings. The number of Topliss-reactive ketones (excluding diaryl/α,β-unsaturated/α-hetero) is 1. The van der Waals surface area contributed by atoms with Crippen molar-refractivity contribution in [1.82, 2.24) is 0 Å². The maximum absolute atomic E-state index is 12.8. The molecule has 0 fully saturated rings. The van der Waals surface area contributed by atoms with Gasteiger partial charge in [0.05, 0.1) is 5.02 Å². The molecular formula is C9H7ClF2O. The molecule has 0 atom stereocenters. The molecule has 70 valence electrons. The number of rotatable bonds is 2. The van der Waals surface area contributed by atoms with Crippen LogP contribution in [0.2, 0.25) is 5.02 Å². The van der Waals surface area contributed by atoms with Crippen LogP contribution in [0.3, 0.4) is 0 Å². The standard InChI is InChI=1S/C9H7ClF2O/c1-5(13)2-6-3-7(11)4-8(12)9(6)10/h3-4H,2H2,1H3. The molecule has 0 aliphatic carbocycles. The average molecular weight is 205 g/mol. The average Bonchev–Trinajstić information content (AvgIpc) is 1.98. The van der Waals surface area contributed by atoms with Gasteiger partial charge in [0.25, 0.3) is 0 Å². The molecule has 0 aromatic heterocycles. The van der Waals surface area contributed by atoms with Crippen LogP contribution in [0.25, 0.3) is 0 Å². The van der Waals surface area contributed by atoms with Crippen LogP contribution in [0.5, 0.6) is 0 Å². The molecule has 0 radical (unpaired) electrons. The smallest absolute Gasteiger partial charge is 0.144 e. The molecule has 0 spiro atoms. The van der Waals surface area contributed by atoms with E-state index in [-0.39, 0.29) is 22.8 Å². The van der Waals surface area contributed by atoms with Crippen molar-refractivity contribution in [3.63, 3.8) is 0 Å². The first-order chi connectivity index (χ1) is 6.00. The fourth-order valence-corrected chi connectivity index (χ4v) is 1.18. The van der Waals surface area contributed by atoms with Gasteiger partial charge in [0, 0.05) is 12.5 Å². The summed E-state index contributed by atoms with van der Waals surface area (Å²) in [6.07, 6.45) is -0.0481. The molecule has 0 saturated carbocycles. The third-order valence-electron chi connectivity index (χ3n) is 1.51. The molecule has 0 aliphatic heterocycles. The van der Waals surface area contributed by atoms with Crippen LogP contribution in [0.1, 0.15) is 12.5 Å². The van der Waals surface area contributed by atoms with Crippen LogP contribution in [-0.4, -0.2) is 5.78 Å². The summed E-state index contributed by atoms with van der Waals surface area (Å²) in [6, 6.07) is 1.75. The number of hydrogen-bond acceptors (Lipinski definition) is 1. The molecule has 0 unspecified atom stereocenters. The quantitative estimate of drug-likeness (QED) is 0.677. The number of carbonyl (C=O) groups excluding carboxylic acids is 1. The SMILES string of the molecule is CC(=O)Cc1cc(F)cc(F)c1Cl. The Hall–Kier alpha value is -0.960. The van der Waals surface area contributed by atoms with E-state index in [0.717, 1.165) is 6.07 Å². The number of carbonyl (C=O) groups is 1. The topological polar surface area (TPSA) is 17.1 Å². The van der Waals surface area contributed by atoms with Gasteiger partial charge in [-0.15, -0.1) is 0 Å². The Labute approximate surface area is 79.3 Å². The summed E-state index contributed by atoms with van der Waals surface area (Å²) < 4.78 is 25.5. The normalized spacial score (nSPS) is 10.2. The Morgan fingerprint density at radius 2 is 2.08 bits per heavy atom. The third kappa shape index (κ3) is 2.49. The van der Waals surface area contributed by atoms with Crippen molar-refractivity contribution in [2.75, 3.05) is 0 Å². The lowest BCUT2D eigenvalue weighted by Crippen LogP contribution is -1.99. The summed E-state index contributed by atoms with van der Waals surface area (Å²) in [5, 5.41) is -0.184. The van der Waals surface area contributed by atoms with Gasteiger partial charge in [-0.3, -0.25) is 4.79 Å². The van der Waals surface area contributed by atoms with Crippen molar-refractivity contribution in [3.8, 4) is 0 Å². The molecule has 13 heavy (non-hydrogen) atoms. The minimum Gasteiger partial charge on any atom is -0.300 e. The fraction of sp³-hybridized carbons (Fsp3) is 0.222. The monoisotopic (exact) mass is 204 g/mol. The van der Waals surface area contributed by atoms with E-state index < -0.39 is 11.6 Å². The highest BCUT2D eigenvalue weighted by Gasteiger charge is 2.10. The summed E-state index contributed by atoms with van der Waals surface area (Å²) in [6.45, 7) is 1.33. The van der Waals surface area contributed by atoms with E-state index in [0.29, 0.717) is 6.07 Å². The van der Waals surface area contributed by atoms with E-state index in [2.05, 4.69) is 0 Å². The lowest BCUT2D eigenvalue weighted by atomic mass is 10.1. The van der Waals surface area contributed by atoms with Crippen molar-refractivity contribution in [3.05, 3.63) is 34.4 Å². The minimum absolute atomic E-state index is 0.0481. The van der Waals surface area contributed by atoms with Gasteiger partial charge < -0.3 is 0 Å². The first-order valence-electron chi connectivity index (χ1n) is 3.63. The second kappa shape index (κ2) is 3.83. The van der Waals surface area contributed by atoms with E-state index in [4.69, 9.17) is 11.6 Å². The van der Waals surface area contributed by atoms with Gasteiger partial charge in [0.15, 0.2) is 0 Å². The van der Waals surface area contributed by atoms with Crippen LogP contribution < -0.4 is 0 Å². The van der Waals surface area contributed by atoms with Crippen LogP contribution >= 0.6 is 11.6 Å². The van der Waals surface area contributed by atoms with Crippen molar-refractivity contribution in [2.24, 2.45) is 0 Å². The molecule has 1 nitrogen and oxygen atoms in total. The molecule has 1 rings (SSSR count).